The molecule has 0 atom stereocenters. The standard InChI is InChI=1S/C6H11BN2O2/c1-2-6(7(10)11)5-9-4-3-8/h2-3,5,8,10-11H,4H2,1H3/b6-2+,8-3?,9-5?. The van der Waals surface area contributed by atoms with Gasteiger partial charge in [-0.1, -0.05) is 6.08 Å². The lowest BCUT2D eigenvalue weighted by Gasteiger charge is -1.95. The van der Waals surface area contributed by atoms with Gasteiger partial charge in [-0.2, -0.15) is 0 Å². The molecule has 0 unspecified atom stereocenters. The molecule has 0 amide bonds. The minimum absolute atomic E-state index is 0.268. The zero-order chi connectivity index (χ0) is 8.69. The van der Waals surface area contributed by atoms with E-state index in [0.29, 0.717) is 5.47 Å². The smallest absolute Gasteiger partial charge is 0.423 e. The Balaban J connectivity index is 3.98. The molecule has 0 fully saturated rings. The number of allylic oxidation sites excluding steroid dienone is 2. The molecule has 0 spiro atoms. The van der Waals surface area contributed by atoms with Gasteiger partial charge in [0.1, 0.15) is 0 Å². The lowest BCUT2D eigenvalue weighted by atomic mass is 9.80. The molecule has 0 radical (unpaired) electrons. The number of hydrogen-bond acceptors (Lipinski definition) is 4. The first-order valence-electron chi connectivity index (χ1n) is 3.23. The summed E-state index contributed by atoms with van der Waals surface area (Å²) in [4.78, 5) is 3.73. The van der Waals surface area contributed by atoms with Crippen LogP contribution in [0.1, 0.15) is 6.92 Å². The minimum Gasteiger partial charge on any atom is -0.423 e. The molecule has 3 N–H and O–H groups in total. The van der Waals surface area contributed by atoms with E-state index < -0.39 is 7.12 Å². The summed E-state index contributed by atoms with van der Waals surface area (Å²) >= 11 is 0. The Morgan fingerprint density at radius 1 is 1.64 bits per heavy atom. The molecule has 0 saturated heterocycles. The van der Waals surface area contributed by atoms with Gasteiger partial charge in [-0.15, -0.1) is 0 Å². The average molecular weight is 154 g/mol. The van der Waals surface area contributed by atoms with Crippen LogP contribution >= 0.6 is 0 Å². The minimum atomic E-state index is -1.48. The predicted octanol–water partition coefficient (Wildman–Crippen LogP) is -0.335. The molecule has 0 aliphatic carbocycles. The highest BCUT2D eigenvalue weighted by Gasteiger charge is 2.09. The molecule has 0 bridgehead atoms. The third kappa shape index (κ3) is 4.47. The topological polar surface area (TPSA) is 76.7 Å². The van der Waals surface area contributed by atoms with Crippen LogP contribution in [0.2, 0.25) is 0 Å². The van der Waals surface area contributed by atoms with Gasteiger partial charge in [0.2, 0.25) is 0 Å². The van der Waals surface area contributed by atoms with Crippen molar-refractivity contribution >= 4 is 19.5 Å². The lowest BCUT2D eigenvalue weighted by molar-refractivity contribution is 0.422. The van der Waals surface area contributed by atoms with E-state index in [1.54, 1.807) is 13.0 Å². The monoisotopic (exact) mass is 154 g/mol. The maximum Gasteiger partial charge on any atom is 0.489 e. The molecule has 0 aromatic rings. The third-order valence-corrected chi connectivity index (χ3v) is 1.07. The first-order valence-corrected chi connectivity index (χ1v) is 3.23. The van der Waals surface area contributed by atoms with Gasteiger partial charge >= 0.3 is 7.12 Å². The summed E-state index contributed by atoms with van der Waals surface area (Å²) in [5, 5.41) is 23.9. The number of hydrogen-bond donors (Lipinski definition) is 3. The quantitative estimate of drug-likeness (QED) is 0.382. The Hall–Kier alpha value is -0.935. The maximum atomic E-state index is 8.65. The van der Waals surface area contributed by atoms with Crippen LogP contribution in [0.4, 0.5) is 0 Å². The van der Waals surface area contributed by atoms with Crippen molar-refractivity contribution in [3.8, 4) is 0 Å². The Morgan fingerprint density at radius 2 is 2.27 bits per heavy atom. The molecule has 60 valence electrons. The van der Waals surface area contributed by atoms with Crippen LogP contribution in [0, 0.1) is 5.41 Å². The summed E-state index contributed by atoms with van der Waals surface area (Å²) < 4.78 is 0. The van der Waals surface area contributed by atoms with Crippen molar-refractivity contribution in [2.75, 3.05) is 6.54 Å². The van der Waals surface area contributed by atoms with Crippen LogP contribution in [0.5, 0.6) is 0 Å². The van der Waals surface area contributed by atoms with Gasteiger partial charge < -0.3 is 15.5 Å². The summed E-state index contributed by atoms with van der Waals surface area (Å²) in [5.74, 6) is 0. The normalized spacial score (nSPS) is 12.1. The van der Waals surface area contributed by atoms with Crippen LogP contribution in [0.3, 0.4) is 0 Å². The molecule has 0 aliphatic rings. The summed E-state index contributed by atoms with van der Waals surface area (Å²) in [6, 6.07) is 0. The highest BCUT2D eigenvalue weighted by molar-refractivity contribution is 6.56. The molecule has 0 rings (SSSR count). The van der Waals surface area contributed by atoms with E-state index in [4.69, 9.17) is 15.5 Å². The van der Waals surface area contributed by atoms with E-state index in [1.165, 1.54) is 6.21 Å². The van der Waals surface area contributed by atoms with E-state index in [1.807, 2.05) is 0 Å². The van der Waals surface area contributed by atoms with E-state index in [9.17, 15) is 0 Å². The molecule has 11 heavy (non-hydrogen) atoms. The molecule has 0 aliphatic heterocycles. The summed E-state index contributed by atoms with van der Waals surface area (Å²) in [6.45, 7) is 1.95. The van der Waals surface area contributed by atoms with Gasteiger partial charge in [-0.25, -0.2) is 0 Å². The van der Waals surface area contributed by atoms with Gasteiger partial charge in [0, 0.05) is 12.4 Å². The van der Waals surface area contributed by atoms with Crippen LogP contribution in [0.15, 0.2) is 16.5 Å². The molecular formula is C6H11BN2O2. The average Bonchev–Trinajstić information content (AvgIpc) is 1.97. The molecule has 0 aromatic carbocycles. The summed E-state index contributed by atoms with van der Waals surface area (Å²) in [6.07, 6.45) is 4.03. The van der Waals surface area contributed by atoms with E-state index in [0.717, 1.165) is 6.21 Å². The lowest BCUT2D eigenvalue weighted by Crippen LogP contribution is -2.16. The van der Waals surface area contributed by atoms with E-state index in [-0.39, 0.29) is 6.54 Å². The molecule has 0 saturated carbocycles. The molecule has 4 nitrogen and oxygen atoms in total. The van der Waals surface area contributed by atoms with Crippen LogP contribution < -0.4 is 0 Å². The fraction of sp³-hybridized carbons (Fsp3) is 0.333. The van der Waals surface area contributed by atoms with Crippen LogP contribution in [-0.4, -0.2) is 36.1 Å². The molecule has 5 heteroatoms. The van der Waals surface area contributed by atoms with Crippen LogP contribution in [0.25, 0.3) is 0 Å². The van der Waals surface area contributed by atoms with Gasteiger partial charge in [0.15, 0.2) is 0 Å². The van der Waals surface area contributed by atoms with Gasteiger partial charge in [0.05, 0.1) is 6.54 Å². The van der Waals surface area contributed by atoms with Crippen molar-refractivity contribution in [3.63, 3.8) is 0 Å². The van der Waals surface area contributed by atoms with E-state index in [2.05, 4.69) is 4.99 Å². The molecule has 0 heterocycles. The number of nitrogens with zero attached hydrogens (tertiary/aromatic N) is 1. The molecule has 0 aromatic heterocycles. The number of rotatable bonds is 4. The van der Waals surface area contributed by atoms with Crippen molar-refractivity contribution in [2.45, 2.75) is 6.92 Å². The van der Waals surface area contributed by atoms with Gasteiger partial charge in [-0.05, 0) is 12.4 Å². The van der Waals surface area contributed by atoms with Crippen molar-refractivity contribution < 1.29 is 10.0 Å². The number of nitrogens with one attached hydrogen (secondary N) is 1. The first kappa shape index (κ1) is 10.1. The first-order chi connectivity index (χ1) is 5.22. The largest absolute Gasteiger partial charge is 0.489 e. The Kier molecular flexibility index (Phi) is 5.33. The highest BCUT2D eigenvalue weighted by atomic mass is 16.4. The van der Waals surface area contributed by atoms with Crippen molar-refractivity contribution in [1.29, 1.82) is 5.41 Å². The van der Waals surface area contributed by atoms with Crippen LogP contribution in [-0.2, 0) is 0 Å². The Bertz CT molecular complexity index is 177. The van der Waals surface area contributed by atoms with Gasteiger partial charge in [0.25, 0.3) is 0 Å². The SMILES string of the molecule is C/C=C(\C=NCC=N)B(O)O. The van der Waals surface area contributed by atoms with Crippen molar-refractivity contribution in [3.05, 3.63) is 11.5 Å². The maximum absolute atomic E-state index is 8.65. The Labute approximate surface area is 65.9 Å². The zero-order valence-electron chi connectivity index (χ0n) is 6.36. The number of aliphatic imine (C=N–C) groups is 1. The van der Waals surface area contributed by atoms with Crippen molar-refractivity contribution in [1.82, 2.24) is 0 Å². The van der Waals surface area contributed by atoms with Gasteiger partial charge in [-0.3, -0.25) is 4.99 Å². The second kappa shape index (κ2) is 5.82. The van der Waals surface area contributed by atoms with Crippen molar-refractivity contribution in [2.24, 2.45) is 4.99 Å². The molecular weight excluding hydrogens is 143 g/mol. The zero-order valence-corrected chi connectivity index (χ0v) is 6.36. The van der Waals surface area contributed by atoms with E-state index >= 15 is 0 Å². The highest BCUT2D eigenvalue weighted by Crippen LogP contribution is 1.90. The predicted molar refractivity (Wildman–Crippen MR) is 46.1 cm³/mol. The fourth-order valence-corrected chi connectivity index (χ4v) is 0.501. The summed E-state index contributed by atoms with van der Waals surface area (Å²) in [5.41, 5.74) is 0.340. The summed E-state index contributed by atoms with van der Waals surface area (Å²) in [7, 11) is -1.48. The second-order valence-electron chi connectivity index (χ2n) is 1.86. The third-order valence-electron chi connectivity index (χ3n) is 1.07. The fourth-order valence-electron chi connectivity index (χ4n) is 0.501. The second-order valence-corrected chi connectivity index (χ2v) is 1.86. The Morgan fingerprint density at radius 3 is 2.64 bits per heavy atom.